The van der Waals surface area contributed by atoms with Gasteiger partial charge in [0.15, 0.2) is 0 Å². The minimum Gasteiger partial charge on any atom is -0.330 e. The summed E-state index contributed by atoms with van der Waals surface area (Å²) in [7, 11) is 0. The van der Waals surface area contributed by atoms with Crippen molar-refractivity contribution in [3.63, 3.8) is 0 Å². The van der Waals surface area contributed by atoms with Crippen molar-refractivity contribution in [2.75, 3.05) is 6.54 Å². The molecule has 0 aliphatic heterocycles. The molecule has 42 valence electrons. The Bertz CT molecular complexity index is 40.6. The van der Waals surface area contributed by atoms with Crippen molar-refractivity contribution in [1.82, 2.24) is 0 Å². The fourth-order valence-corrected chi connectivity index (χ4v) is 0.729. The van der Waals surface area contributed by atoms with Crippen molar-refractivity contribution in [1.29, 1.82) is 0 Å². The summed E-state index contributed by atoms with van der Waals surface area (Å²) >= 11 is 0. The van der Waals surface area contributed by atoms with E-state index in [0.29, 0.717) is 0 Å². The van der Waals surface area contributed by atoms with E-state index in [1.54, 1.807) is 0 Å². The number of rotatable bonds is 1. The molecule has 0 saturated heterocycles. The summed E-state index contributed by atoms with van der Waals surface area (Å²) in [5.74, 6) is 0.894. The maximum absolute atomic E-state index is 5.33. The number of hydrogen-bond donors (Lipinski definition) is 1. The van der Waals surface area contributed by atoms with Gasteiger partial charge in [0.05, 0.1) is 0 Å². The molecule has 0 aromatic carbocycles. The molecule has 0 bridgehead atoms. The van der Waals surface area contributed by atoms with Crippen LogP contribution in [-0.2, 0) is 21.1 Å². The third-order valence-electron chi connectivity index (χ3n) is 1.56. The van der Waals surface area contributed by atoms with Crippen molar-refractivity contribution >= 4 is 0 Å². The molecule has 0 heterocycles. The average molecular weight is 280 g/mol. The van der Waals surface area contributed by atoms with Gasteiger partial charge in [-0.15, -0.1) is 0 Å². The first-order valence-electron chi connectivity index (χ1n) is 2.63. The van der Waals surface area contributed by atoms with Gasteiger partial charge in [-0.1, -0.05) is 6.42 Å². The van der Waals surface area contributed by atoms with Crippen molar-refractivity contribution in [2.45, 2.75) is 19.3 Å². The normalized spacial score (nSPS) is 20.1. The van der Waals surface area contributed by atoms with E-state index in [4.69, 9.17) is 5.73 Å². The summed E-state index contributed by atoms with van der Waals surface area (Å²) in [5, 5.41) is 0. The Kier molecular flexibility index (Phi) is 3.96. The van der Waals surface area contributed by atoms with Crippen LogP contribution in [-0.4, -0.2) is 6.54 Å². The quantitative estimate of drug-likeness (QED) is 0.753. The summed E-state index contributed by atoms with van der Waals surface area (Å²) in [6.45, 7) is 0.917. The second-order valence-corrected chi connectivity index (χ2v) is 2.03. The molecule has 2 N–H and O–H groups in total. The Morgan fingerprint density at radius 1 is 1.43 bits per heavy atom. The Hall–Kier alpha value is 0.648. The minimum absolute atomic E-state index is 0. The minimum atomic E-state index is 0. The zero-order chi connectivity index (χ0) is 4.41. The van der Waals surface area contributed by atoms with E-state index in [9.17, 15) is 0 Å². The number of nitrogens with two attached hydrogens (primary N) is 1. The Morgan fingerprint density at radius 2 is 2.00 bits per heavy atom. The van der Waals surface area contributed by atoms with Gasteiger partial charge in [-0.25, -0.2) is 0 Å². The van der Waals surface area contributed by atoms with E-state index in [1.807, 2.05) is 0 Å². The van der Waals surface area contributed by atoms with Crippen LogP contribution in [0.15, 0.2) is 0 Å². The van der Waals surface area contributed by atoms with Gasteiger partial charge in [-0.3, -0.25) is 0 Å². The van der Waals surface area contributed by atoms with Crippen LogP contribution in [0, 0.1) is 5.92 Å². The predicted octanol–water partition coefficient (Wildman–Crippen LogP) is 0.743. The molecular formula is C5H11NPt+4. The average Bonchev–Trinajstić information content (AvgIpc) is 1.31. The van der Waals surface area contributed by atoms with Gasteiger partial charge in [0, 0.05) is 0 Å². The van der Waals surface area contributed by atoms with Crippen molar-refractivity contribution < 1.29 is 21.1 Å². The zero-order valence-corrected chi connectivity index (χ0v) is 6.57. The molecule has 0 unspecified atom stereocenters. The maximum atomic E-state index is 5.33. The van der Waals surface area contributed by atoms with E-state index in [0.717, 1.165) is 12.5 Å². The fraction of sp³-hybridized carbons (Fsp3) is 1.00. The summed E-state index contributed by atoms with van der Waals surface area (Å²) in [6, 6.07) is 0. The first kappa shape index (κ1) is 7.65. The van der Waals surface area contributed by atoms with Crippen molar-refractivity contribution in [2.24, 2.45) is 11.7 Å². The van der Waals surface area contributed by atoms with E-state index in [-0.39, 0.29) is 21.1 Å². The monoisotopic (exact) mass is 280 g/mol. The van der Waals surface area contributed by atoms with Crippen LogP contribution in [0.1, 0.15) is 19.3 Å². The fourth-order valence-electron chi connectivity index (χ4n) is 0.729. The van der Waals surface area contributed by atoms with E-state index >= 15 is 0 Å². The first-order valence-corrected chi connectivity index (χ1v) is 2.63. The molecule has 1 rings (SSSR count). The standard InChI is InChI=1S/C5H11N.Pt/c6-4-5-2-1-3-5;/h5H,1-4,6H2;/q;+4. The second-order valence-electron chi connectivity index (χ2n) is 2.03. The van der Waals surface area contributed by atoms with Crippen LogP contribution in [0.25, 0.3) is 0 Å². The van der Waals surface area contributed by atoms with Gasteiger partial charge in [-0.2, -0.15) is 0 Å². The van der Waals surface area contributed by atoms with E-state index < -0.39 is 0 Å². The van der Waals surface area contributed by atoms with E-state index in [2.05, 4.69) is 0 Å². The Balaban J connectivity index is 0.000000360. The molecule has 1 saturated carbocycles. The predicted molar refractivity (Wildman–Crippen MR) is 26.4 cm³/mol. The van der Waals surface area contributed by atoms with Gasteiger partial charge in [0.1, 0.15) is 0 Å². The summed E-state index contributed by atoms with van der Waals surface area (Å²) in [4.78, 5) is 0. The largest absolute Gasteiger partial charge is 4.00 e. The molecule has 0 aromatic heterocycles. The molecule has 0 amide bonds. The molecule has 1 aliphatic rings. The van der Waals surface area contributed by atoms with E-state index in [1.165, 1.54) is 19.3 Å². The molecule has 0 spiro atoms. The van der Waals surface area contributed by atoms with Gasteiger partial charge in [0.25, 0.3) is 0 Å². The van der Waals surface area contributed by atoms with Crippen molar-refractivity contribution in [3.8, 4) is 0 Å². The maximum Gasteiger partial charge on any atom is 4.00 e. The molecule has 0 aromatic rings. The zero-order valence-electron chi connectivity index (χ0n) is 4.30. The summed E-state index contributed by atoms with van der Waals surface area (Å²) in [5.41, 5.74) is 5.33. The number of hydrogen-bond acceptors (Lipinski definition) is 1. The van der Waals surface area contributed by atoms with Crippen LogP contribution in [0.2, 0.25) is 0 Å². The topological polar surface area (TPSA) is 26.0 Å². The van der Waals surface area contributed by atoms with Gasteiger partial charge in [0.2, 0.25) is 0 Å². The third kappa shape index (κ3) is 1.92. The van der Waals surface area contributed by atoms with Crippen LogP contribution >= 0.6 is 0 Å². The summed E-state index contributed by atoms with van der Waals surface area (Å²) < 4.78 is 0. The van der Waals surface area contributed by atoms with Crippen molar-refractivity contribution in [3.05, 3.63) is 0 Å². The molecule has 1 nitrogen and oxygen atoms in total. The Morgan fingerprint density at radius 3 is 2.00 bits per heavy atom. The van der Waals surface area contributed by atoms with Crippen LogP contribution in [0.5, 0.6) is 0 Å². The molecule has 7 heavy (non-hydrogen) atoms. The molecule has 0 atom stereocenters. The summed E-state index contributed by atoms with van der Waals surface area (Å²) in [6.07, 6.45) is 4.19. The van der Waals surface area contributed by atoms with Crippen LogP contribution < -0.4 is 5.73 Å². The van der Waals surface area contributed by atoms with Gasteiger partial charge >= 0.3 is 21.1 Å². The van der Waals surface area contributed by atoms with Crippen LogP contribution in [0.4, 0.5) is 0 Å². The van der Waals surface area contributed by atoms with Gasteiger partial charge in [-0.05, 0) is 25.3 Å². The smallest absolute Gasteiger partial charge is 0.330 e. The molecule has 1 fully saturated rings. The molecule has 1 aliphatic carbocycles. The second kappa shape index (κ2) is 3.63. The first-order chi connectivity index (χ1) is 2.93. The Labute approximate surface area is 58.9 Å². The van der Waals surface area contributed by atoms with Gasteiger partial charge < -0.3 is 5.73 Å². The molecular weight excluding hydrogens is 269 g/mol. The molecule has 2 heteroatoms. The third-order valence-corrected chi connectivity index (χ3v) is 1.56. The van der Waals surface area contributed by atoms with Crippen LogP contribution in [0.3, 0.4) is 0 Å². The SMILES string of the molecule is NCC1CCC1.[Pt+4]. The molecule has 0 radical (unpaired) electrons.